The molecule has 1 aliphatic carbocycles. The van der Waals surface area contributed by atoms with Crippen molar-refractivity contribution in [1.29, 1.82) is 0 Å². The summed E-state index contributed by atoms with van der Waals surface area (Å²) in [6, 6.07) is 4.09. The molecule has 2 aromatic rings. The smallest absolute Gasteiger partial charge is 0.213 e. The summed E-state index contributed by atoms with van der Waals surface area (Å²) >= 11 is 0. The summed E-state index contributed by atoms with van der Waals surface area (Å²) in [7, 11) is 3.82. The molecule has 1 atom stereocenters. The largest absolute Gasteiger partial charge is 0.474 e. The van der Waals surface area contributed by atoms with Crippen molar-refractivity contribution in [3.05, 3.63) is 41.9 Å². The van der Waals surface area contributed by atoms with E-state index in [4.69, 9.17) is 4.74 Å². The van der Waals surface area contributed by atoms with Gasteiger partial charge in [0.15, 0.2) is 5.96 Å². The average molecular weight is 524 g/mol. The van der Waals surface area contributed by atoms with E-state index in [1.54, 1.807) is 0 Å². The Morgan fingerprint density at radius 1 is 1.27 bits per heavy atom. The van der Waals surface area contributed by atoms with Crippen molar-refractivity contribution >= 4 is 29.9 Å². The van der Waals surface area contributed by atoms with Gasteiger partial charge in [0.05, 0.1) is 6.20 Å². The van der Waals surface area contributed by atoms with Crippen molar-refractivity contribution in [1.82, 2.24) is 25.0 Å². The van der Waals surface area contributed by atoms with E-state index in [-0.39, 0.29) is 24.0 Å². The molecule has 164 valence electrons. The van der Waals surface area contributed by atoms with Crippen LogP contribution < -0.4 is 10.1 Å². The highest BCUT2D eigenvalue weighted by molar-refractivity contribution is 14.0. The standard InChI is InChI=1S/C22H32N6O.HI/c1-23-22(28-11-9-18(16-28)19-14-26-27(2)15-19)25-13-17-8-10-24-21(12-17)29-20-6-4-3-5-7-20;/h8,10,12,14-15,18,20H,3-7,9,11,13,16H2,1-2H3,(H,23,25);1H. The number of nitrogens with zero attached hydrogens (tertiary/aromatic N) is 5. The van der Waals surface area contributed by atoms with Gasteiger partial charge in [0.2, 0.25) is 5.88 Å². The number of likely N-dealkylation sites (tertiary alicyclic amines) is 1. The molecule has 2 fully saturated rings. The van der Waals surface area contributed by atoms with Crippen LogP contribution in [0.4, 0.5) is 0 Å². The second kappa shape index (κ2) is 11.0. The normalized spacial score (nSPS) is 20.1. The lowest BCUT2D eigenvalue weighted by atomic mass is 9.98. The van der Waals surface area contributed by atoms with Crippen LogP contribution in [-0.2, 0) is 13.6 Å². The molecule has 1 saturated carbocycles. The van der Waals surface area contributed by atoms with E-state index in [2.05, 4.69) is 37.6 Å². The molecular weight excluding hydrogens is 491 g/mol. The van der Waals surface area contributed by atoms with Crippen molar-refractivity contribution in [3.63, 3.8) is 0 Å². The second-order valence-electron chi connectivity index (χ2n) is 8.16. The molecule has 30 heavy (non-hydrogen) atoms. The number of aromatic nitrogens is 3. The molecule has 8 heteroatoms. The van der Waals surface area contributed by atoms with Gasteiger partial charge in [-0.2, -0.15) is 5.10 Å². The Hall–Kier alpha value is -1.84. The number of hydrogen-bond donors (Lipinski definition) is 1. The first kappa shape index (κ1) is 22.8. The van der Waals surface area contributed by atoms with Gasteiger partial charge in [0.1, 0.15) is 6.10 Å². The Balaban J connectivity index is 0.00000256. The third kappa shape index (κ3) is 5.86. The minimum absolute atomic E-state index is 0. The van der Waals surface area contributed by atoms with Gasteiger partial charge in [0.25, 0.3) is 0 Å². The van der Waals surface area contributed by atoms with Crippen molar-refractivity contribution in [3.8, 4) is 5.88 Å². The van der Waals surface area contributed by atoms with Gasteiger partial charge in [-0.15, -0.1) is 24.0 Å². The van der Waals surface area contributed by atoms with Gasteiger partial charge in [0, 0.05) is 58.1 Å². The predicted molar refractivity (Wildman–Crippen MR) is 129 cm³/mol. The molecule has 1 N–H and O–H groups in total. The van der Waals surface area contributed by atoms with Crippen molar-refractivity contribution in [2.45, 2.75) is 57.1 Å². The van der Waals surface area contributed by atoms with E-state index in [0.29, 0.717) is 18.6 Å². The molecule has 0 amide bonds. The topological polar surface area (TPSA) is 67.6 Å². The molecule has 0 spiro atoms. The lowest BCUT2D eigenvalue weighted by molar-refractivity contribution is 0.148. The second-order valence-corrected chi connectivity index (χ2v) is 8.16. The summed E-state index contributed by atoms with van der Waals surface area (Å²) in [6.45, 7) is 2.69. The van der Waals surface area contributed by atoms with Crippen molar-refractivity contribution in [2.24, 2.45) is 12.0 Å². The highest BCUT2D eigenvalue weighted by Gasteiger charge is 2.26. The van der Waals surface area contributed by atoms with Gasteiger partial charge in [-0.25, -0.2) is 4.98 Å². The zero-order valence-corrected chi connectivity index (χ0v) is 20.3. The quantitative estimate of drug-likeness (QED) is 0.367. The maximum absolute atomic E-state index is 6.11. The maximum Gasteiger partial charge on any atom is 0.213 e. The van der Waals surface area contributed by atoms with Gasteiger partial charge in [-0.05, 0) is 49.3 Å². The molecule has 2 aliphatic rings. The summed E-state index contributed by atoms with van der Waals surface area (Å²) in [5.41, 5.74) is 2.47. The zero-order valence-electron chi connectivity index (χ0n) is 18.0. The molecule has 1 aliphatic heterocycles. The van der Waals surface area contributed by atoms with E-state index in [1.165, 1.54) is 24.8 Å². The summed E-state index contributed by atoms with van der Waals surface area (Å²) in [4.78, 5) is 11.2. The SMILES string of the molecule is CN=C(NCc1ccnc(OC2CCCCC2)c1)N1CCC(c2cnn(C)c2)C1.I. The number of pyridine rings is 1. The third-order valence-electron chi connectivity index (χ3n) is 5.99. The number of guanidine groups is 1. The summed E-state index contributed by atoms with van der Waals surface area (Å²) < 4.78 is 7.98. The number of halogens is 1. The van der Waals surface area contributed by atoms with Gasteiger partial charge in [-0.3, -0.25) is 9.67 Å². The van der Waals surface area contributed by atoms with Crippen LogP contribution in [-0.4, -0.2) is 51.9 Å². The van der Waals surface area contributed by atoms with Gasteiger partial charge >= 0.3 is 0 Å². The summed E-state index contributed by atoms with van der Waals surface area (Å²) in [6.07, 6.45) is 13.5. The molecule has 7 nitrogen and oxygen atoms in total. The van der Waals surface area contributed by atoms with Crippen LogP contribution >= 0.6 is 24.0 Å². The van der Waals surface area contributed by atoms with Crippen LogP contribution in [0.2, 0.25) is 0 Å². The predicted octanol–water partition coefficient (Wildman–Crippen LogP) is 3.71. The molecule has 3 heterocycles. The van der Waals surface area contributed by atoms with Crippen LogP contribution in [0.3, 0.4) is 0 Å². The molecule has 4 rings (SSSR count). The fourth-order valence-electron chi connectivity index (χ4n) is 4.37. The lowest BCUT2D eigenvalue weighted by Crippen LogP contribution is -2.39. The monoisotopic (exact) mass is 524 g/mol. The van der Waals surface area contributed by atoms with E-state index >= 15 is 0 Å². The Morgan fingerprint density at radius 2 is 2.10 bits per heavy atom. The fourth-order valence-corrected chi connectivity index (χ4v) is 4.37. The maximum atomic E-state index is 6.11. The first-order valence-electron chi connectivity index (χ1n) is 10.8. The van der Waals surface area contributed by atoms with Crippen LogP contribution in [0.15, 0.2) is 35.7 Å². The Bertz CT molecular complexity index is 833. The molecular formula is C22H33IN6O. The first-order chi connectivity index (χ1) is 14.2. The highest BCUT2D eigenvalue weighted by Crippen LogP contribution is 2.27. The third-order valence-corrected chi connectivity index (χ3v) is 5.99. The van der Waals surface area contributed by atoms with E-state index < -0.39 is 0 Å². The molecule has 2 aromatic heterocycles. The van der Waals surface area contributed by atoms with E-state index in [9.17, 15) is 0 Å². The summed E-state index contributed by atoms with van der Waals surface area (Å²) in [5, 5.41) is 7.82. The minimum Gasteiger partial charge on any atom is -0.474 e. The number of hydrogen-bond acceptors (Lipinski definition) is 4. The Labute approximate surface area is 196 Å². The average Bonchev–Trinajstić information content (AvgIpc) is 3.39. The van der Waals surface area contributed by atoms with Crippen LogP contribution in [0.25, 0.3) is 0 Å². The first-order valence-corrected chi connectivity index (χ1v) is 10.8. The number of aryl methyl sites for hydroxylation is 1. The van der Waals surface area contributed by atoms with Gasteiger partial charge in [-0.1, -0.05) is 6.42 Å². The van der Waals surface area contributed by atoms with Crippen molar-refractivity contribution in [2.75, 3.05) is 20.1 Å². The van der Waals surface area contributed by atoms with E-state index in [1.807, 2.05) is 37.2 Å². The Morgan fingerprint density at radius 3 is 2.83 bits per heavy atom. The van der Waals surface area contributed by atoms with Crippen LogP contribution in [0.5, 0.6) is 5.88 Å². The van der Waals surface area contributed by atoms with Crippen LogP contribution in [0.1, 0.15) is 55.6 Å². The summed E-state index contributed by atoms with van der Waals surface area (Å²) in [5.74, 6) is 2.20. The zero-order chi connectivity index (χ0) is 20.1. The lowest BCUT2D eigenvalue weighted by Gasteiger charge is -2.23. The molecule has 0 bridgehead atoms. The molecule has 0 radical (unpaired) electrons. The van der Waals surface area contributed by atoms with Gasteiger partial charge < -0.3 is 15.0 Å². The number of rotatable bonds is 5. The minimum atomic E-state index is 0. The van der Waals surface area contributed by atoms with Crippen molar-refractivity contribution < 1.29 is 4.74 Å². The Kier molecular flexibility index (Phi) is 8.35. The molecule has 1 saturated heterocycles. The highest BCUT2D eigenvalue weighted by atomic mass is 127. The number of aliphatic imine (C=N–C) groups is 1. The molecule has 0 aromatic carbocycles. The van der Waals surface area contributed by atoms with E-state index in [0.717, 1.165) is 49.8 Å². The van der Waals surface area contributed by atoms with Crippen LogP contribution in [0, 0.1) is 0 Å². The molecule has 1 unspecified atom stereocenters. The number of nitrogens with one attached hydrogen (secondary N) is 1. The fraction of sp³-hybridized carbons (Fsp3) is 0.591. The number of ether oxygens (including phenoxy) is 1.